The summed E-state index contributed by atoms with van der Waals surface area (Å²) in [6, 6.07) is 11.8. The fraction of sp³-hybridized carbons (Fsp3) is 0.417. The van der Waals surface area contributed by atoms with Crippen molar-refractivity contribution in [3.8, 4) is 0 Å². The third-order valence-electron chi connectivity index (χ3n) is 4.82. The Kier molecular flexibility index (Phi) is 9.85. The Balaban J connectivity index is 2.10. The molecule has 2 rings (SSSR count). The Labute approximate surface area is 193 Å². The van der Waals surface area contributed by atoms with Gasteiger partial charge in [-0.25, -0.2) is 4.39 Å². The number of rotatable bonds is 10. The topological polar surface area (TPSA) is 49.4 Å². The molecule has 0 heterocycles. The van der Waals surface area contributed by atoms with Crippen molar-refractivity contribution in [2.45, 2.75) is 46.0 Å². The quantitative estimate of drug-likeness (QED) is 0.525. The van der Waals surface area contributed by atoms with Crippen LogP contribution >= 0.6 is 23.4 Å². The number of hydrogen-bond acceptors (Lipinski definition) is 3. The average Bonchev–Trinajstić information content (AvgIpc) is 2.71. The van der Waals surface area contributed by atoms with Gasteiger partial charge in [0.15, 0.2) is 0 Å². The van der Waals surface area contributed by atoms with E-state index >= 15 is 0 Å². The molecule has 1 N–H and O–H groups in total. The monoisotopic (exact) mass is 464 g/mol. The first-order chi connectivity index (χ1) is 14.7. The van der Waals surface area contributed by atoms with Gasteiger partial charge in [-0.1, -0.05) is 61.3 Å². The van der Waals surface area contributed by atoms with Crippen molar-refractivity contribution >= 4 is 35.2 Å². The number of carbonyl (C=O) groups is 2. The summed E-state index contributed by atoms with van der Waals surface area (Å²) in [6.45, 7) is 8.65. The van der Waals surface area contributed by atoms with Crippen LogP contribution < -0.4 is 5.32 Å². The van der Waals surface area contributed by atoms with Crippen LogP contribution in [0.2, 0.25) is 5.02 Å². The molecule has 0 radical (unpaired) electrons. The summed E-state index contributed by atoms with van der Waals surface area (Å²) in [5, 5.41) is 3.25. The van der Waals surface area contributed by atoms with Gasteiger partial charge in [0.1, 0.15) is 11.9 Å². The molecule has 168 valence electrons. The van der Waals surface area contributed by atoms with Gasteiger partial charge in [0.2, 0.25) is 11.8 Å². The molecule has 0 saturated carbocycles. The fourth-order valence-electron chi connectivity index (χ4n) is 3.04. The standard InChI is InChI=1S/C24H30ClFN2O2S/c1-16(2)12-27-24(30)18(4)28(13-19-8-5-7-17(3)11-19)23(29)15-31-14-20-21(25)9-6-10-22(20)26/h5-11,16,18H,12-15H2,1-4H3,(H,27,30)/t18-/m0/s1. The maximum atomic E-state index is 14.0. The van der Waals surface area contributed by atoms with Gasteiger partial charge in [0, 0.05) is 29.4 Å². The molecule has 31 heavy (non-hydrogen) atoms. The number of nitrogens with one attached hydrogen (secondary N) is 1. The maximum Gasteiger partial charge on any atom is 0.242 e. The van der Waals surface area contributed by atoms with E-state index in [4.69, 9.17) is 11.6 Å². The minimum absolute atomic E-state index is 0.123. The van der Waals surface area contributed by atoms with Gasteiger partial charge < -0.3 is 10.2 Å². The molecule has 0 saturated heterocycles. The number of nitrogens with zero attached hydrogens (tertiary/aromatic N) is 1. The maximum absolute atomic E-state index is 14.0. The number of amides is 2. The first-order valence-corrected chi connectivity index (χ1v) is 11.9. The second-order valence-corrected chi connectivity index (χ2v) is 9.41. The van der Waals surface area contributed by atoms with Gasteiger partial charge in [0.25, 0.3) is 0 Å². The van der Waals surface area contributed by atoms with E-state index in [1.165, 1.54) is 17.8 Å². The molecular formula is C24H30ClFN2O2S. The number of hydrogen-bond donors (Lipinski definition) is 1. The van der Waals surface area contributed by atoms with Gasteiger partial charge in [-0.15, -0.1) is 11.8 Å². The number of aryl methyl sites for hydroxylation is 1. The van der Waals surface area contributed by atoms with Crippen LogP contribution in [0.25, 0.3) is 0 Å². The van der Waals surface area contributed by atoms with Gasteiger partial charge in [-0.3, -0.25) is 9.59 Å². The smallest absolute Gasteiger partial charge is 0.242 e. The summed E-state index contributed by atoms with van der Waals surface area (Å²) < 4.78 is 14.0. The third-order valence-corrected chi connectivity index (χ3v) is 6.12. The summed E-state index contributed by atoms with van der Waals surface area (Å²) in [5.41, 5.74) is 2.43. The third kappa shape index (κ3) is 7.86. The lowest BCUT2D eigenvalue weighted by molar-refractivity contribution is -0.138. The van der Waals surface area contributed by atoms with Crippen LogP contribution in [0.1, 0.15) is 37.5 Å². The molecule has 0 unspecified atom stereocenters. The highest BCUT2D eigenvalue weighted by Crippen LogP contribution is 2.24. The summed E-state index contributed by atoms with van der Waals surface area (Å²) in [6.07, 6.45) is 0. The second kappa shape index (κ2) is 12.1. The zero-order valence-corrected chi connectivity index (χ0v) is 20.0. The first-order valence-electron chi connectivity index (χ1n) is 10.3. The molecular weight excluding hydrogens is 435 g/mol. The van der Waals surface area contributed by atoms with E-state index < -0.39 is 6.04 Å². The lowest BCUT2D eigenvalue weighted by Gasteiger charge is -2.29. The molecule has 0 aliphatic rings. The van der Waals surface area contributed by atoms with E-state index in [1.54, 1.807) is 24.0 Å². The molecule has 7 heteroatoms. The Bertz CT molecular complexity index is 887. The number of benzene rings is 2. The van der Waals surface area contributed by atoms with Crippen LogP contribution in [0.3, 0.4) is 0 Å². The molecule has 0 aliphatic carbocycles. The van der Waals surface area contributed by atoms with Crippen LogP contribution in [-0.2, 0) is 21.9 Å². The molecule has 1 atom stereocenters. The highest BCUT2D eigenvalue weighted by atomic mass is 35.5. The number of halogens is 2. The summed E-state index contributed by atoms with van der Waals surface area (Å²) in [7, 11) is 0. The minimum atomic E-state index is -0.621. The summed E-state index contributed by atoms with van der Waals surface area (Å²) in [5.74, 6) is -0.0199. The van der Waals surface area contributed by atoms with E-state index in [1.807, 2.05) is 45.0 Å². The van der Waals surface area contributed by atoms with Crippen LogP contribution in [0.4, 0.5) is 4.39 Å². The zero-order chi connectivity index (χ0) is 23.0. The highest BCUT2D eigenvalue weighted by molar-refractivity contribution is 7.99. The van der Waals surface area contributed by atoms with Crippen molar-refractivity contribution in [2.75, 3.05) is 12.3 Å². The van der Waals surface area contributed by atoms with E-state index in [9.17, 15) is 14.0 Å². The molecule has 2 amide bonds. The van der Waals surface area contributed by atoms with Crippen LogP contribution in [0.5, 0.6) is 0 Å². The largest absolute Gasteiger partial charge is 0.354 e. The normalized spacial score (nSPS) is 12.0. The van der Waals surface area contributed by atoms with Crippen LogP contribution in [-0.4, -0.2) is 35.1 Å². The number of thioether (sulfide) groups is 1. The summed E-state index contributed by atoms with van der Waals surface area (Å²) >= 11 is 7.37. The summed E-state index contributed by atoms with van der Waals surface area (Å²) in [4.78, 5) is 27.3. The molecule has 0 bridgehead atoms. The Morgan fingerprint density at radius 3 is 2.52 bits per heavy atom. The molecule has 0 aromatic heterocycles. The van der Waals surface area contributed by atoms with Crippen molar-refractivity contribution < 1.29 is 14.0 Å². The van der Waals surface area contributed by atoms with Gasteiger partial charge in [-0.05, 0) is 37.5 Å². The van der Waals surface area contributed by atoms with E-state index in [-0.39, 0.29) is 29.1 Å². The van der Waals surface area contributed by atoms with Crippen molar-refractivity contribution in [3.63, 3.8) is 0 Å². The highest BCUT2D eigenvalue weighted by Gasteiger charge is 2.26. The number of carbonyl (C=O) groups excluding carboxylic acids is 2. The molecule has 2 aromatic carbocycles. The Morgan fingerprint density at radius 2 is 1.87 bits per heavy atom. The molecule has 4 nitrogen and oxygen atoms in total. The van der Waals surface area contributed by atoms with Crippen LogP contribution in [0.15, 0.2) is 42.5 Å². The van der Waals surface area contributed by atoms with Gasteiger partial charge in [-0.2, -0.15) is 0 Å². The predicted octanol–water partition coefficient (Wildman–Crippen LogP) is 5.21. The zero-order valence-electron chi connectivity index (χ0n) is 18.5. The molecule has 0 fully saturated rings. The van der Waals surface area contributed by atoms with Crippen molar-refractivity contribution in [3.05, 3.63) is 70.0 Å². The average molecular weight is 465 g/mol. The van der Waals surface area contributed by atoms with Crippen molar-refractivity contribution in [1.82, 2.24) is 10.2 Å². The van der Waals surface area contributed by atoms with Crippen molar-refractivity contribution in [2.24, 2.45) is 5.92 Å². The fourth-order valence-corrected chi connectivity index (χ4v) is 4.28. The molecule has 0 aliphatic heterocycles. The van der Waals surface area contributed by atoms with E-state index in [0.29, 0.717) is 29.6 Å². The van der Waals surface area contributed by atoms with Gasteiger partial charge >= 0.3 is 0 Å². The Morgan fingerprint density at radius 1 is 1.16 bits per heavy atom. The lowest BCUT2D eigenvalue weighted by atomic mass is 10.1. The first kappa shape index (κ1) is 25.2. The molecule has 0 spiro atoms. The van der Waals surface area contributed by atoms with Crippen molar-refractivity contribution in [1.29, 1.82) is 0 Å². The van der Waals surface area contributed by atoms with Crippen LogP contribution in [0, 0.1) is 18.7 Å². The van der Waals surface area contributed by atoms with Gasteiger partial charge in [0.05, 0.1) is 5.75 Å². The minimum Gasteiger partial charge on any atom is -0.354 e. The lowest BCUT2D eigenvalue weighted by Crippen LogP contribution is -2.48. The van der Waals surface area contributed by atoms with E-state index in [2.05, 4.69) is 5.32 Å². The Hall–Kier alpha value is -2.05. The SMILES string of the molecule is Cc1cccc(CN(C(=O)CSCc2c(F)cccc2Cl)[C@@H](C)C(=O)NCC(C)C)c1. The van der Waals surface area contributed by atoms with E-state index in [0.717, 1.165) is 11.1 Å². The molecule has 2 aromatic rings. The second-order valence-electron chi connectivity index (χ2n) is 8.02. The predicted molar refractivity (Wildman–Crippen MR) is 127 cm³/mol.